The average Bonchev–Trinajstić information content (AvgIpc) is 2.88. The minimum atomic E-state index is -5.01. The second-order valence-corrected chi connectivity index (χ2v) is 5.39. The summed E-state index contributed by atoms with van der Waals surface area (Å²) in [6.45, 7) is 0. The Morgan fingerprint density at radius 2 is 0.769 bits per heavy atom. The molecule has 0 aliphatic carbocycles. The van der Waals surface area contributed by atoms with Crippen LogP contribution in [0, 0.1) is 0 Å². The molecule has 1 aromatic carbocycles. The van der Waals surface area contributed by atoms with Crippen LogP contribution in [0.5, 0.6) is 0 Å². The maximum Gasteiger partial charge on any atom is 0.393 e. The van der Waals surface area contributed by atoms with Gasteiger partial charge < -0.3 is 8.83 Å². The highest BCUT2D eigenvalue weighted by Crippen LogP contribution is 2.34. The first-order valence-corrected chi connectivity index (χ1v) is 6.68. The first kappa shape index (κ1) is 17.9. The van der Waals surface area contributed by atoms with E-state index in [0.29, 0.717) is 0 Å². The van der Waals surface area contributed by atoms with Gasteiger partial charge in [-0.15, -0.1) is 0 Å². The van der Waals surface area contributed by atoms with Crippen LogP contribution in [0.3, 0.4) is 0 Å². The fourth-order valence-corrected chi connectivity index (χ4v) is 2.88. The fourth-order valence-electron chi connectivity index (χ4n) is 2.88. The molecule has 0 fully saturated rings. The fraction of sp³-hybridized carbons (Fsp3) is 0.286. The van der Waals surface area contributed by atoms with E-state index in [0.717, 1.165) is 0 Å². The van der Waals surface area contributed by atoms with Crippen molar-refractivity contribution >= 4 is 21.5 Å². The van der Waals surface area contributed by atoms with Crippen LogP contribution in [0.25, 0.3) is 21.5 Å². The number of fused-ring (bicyclic) bond motifs is 2. The summed E-state index contributed by atoms with van der Waals surface area (Å²) in [6.07, 6.45) is -13.9. The summed E-state index contributed by atoms with van der Waals surface area (Å²) in [5.41, 5.74) is -8.80. The Balaban J connectivity index is 2.65. The summed E-state index contributed by atoms with van der Waals surface area (Å²) in [6, 6.07) is 0. The second kappa shape index (κ2) is 5.29. The zero-order valence-electron chi connectivity index (χ0n) is 12.1. The van der Waals surface area contributed by atoms with E-state index in [-0.39, 0.29) is 0 Å². The third-order valence-electron chi connectivity index (χ3n) is 3.65. The number of rotatable bonds is 2. The van der Waals surface area contributed by atoms with E-state index < -0.39 is 80.4 Å². The van der Waals surface area contributed by atoms with Gasteiger partial charge in [-0.3, -0.25) is 0 Å². The molecule has 138 valence electrons. The minimum Gasteiger partial charge on any atom is -0.386 e. The molecule has 0 aliphatic heterocycles. The Kier molecular flexibility index (Phi) is 3.64. The highest BCUT2D eigenvalue weighted by Gasteiger charge is 2.38. The van der Waals surface area contributed by atoms with Crippen LogP contribution < -0.4 is 22.5 Å². The molecule has 0 bridgehead atoms. The first-order valence-electron chi connectivity index (χ1n) is 6.68. The third kappa shape index (κ3) is 2.80. The normalized spacial score (nSPS) is 13.2. The lowest BCUT2D eigenvalue weighted by Crippen LogP contribution is -2.18. The summed E-state index contributed by atoms with van der Waals surface area (Å²) in [5.74, 6) is 0. The minimum absolute atomic E-state index is 1.11. The maximum atomic E-state index is 12.8. The summed E-state index contributed by atoms with van der Waals surface area (Å²) in [7, 11) is 0. The number of hydrogen-bond donors (Lipinski definition) is 0. The molecule has 0 aliphatic rings. The third-order valence-corrected chi connectivity index (χ3v) is 3.65. The van der Waals surface area contributed by atoms with E-state index in [1.807, 2.05) is 0 Å². The maximum absolute atomic E-state index is 12.8. The average molecular weight is 382 g/mol. The molecule has 3 rings (SSSR count). The molecule has 0 spiro atoms. The molecule has 0 unspecified atom stereocenters. The molecule has 0 saturated carbocycles. The van der Waals surface area contributed by atoms with Crippen molar-refractivity contribution in [2.45, 2.75) is 25.2 Å². The largest absolute Gasteiger partial charge is 0.393 e. The zero-order valence-corrected chi connectivity index (χ0v) is 12.1. The lowest BCUT2D eigenvalue weighted by Gasteiger charge is -2.11. The van der Waals surface area contributed by atoms with Gasteiger partial charge in [-0.05, 0) is 11.1 Å². The molecule has 0 N–H and O–H groups in total. The van der Waals surface area contributed by atoms with Crippen molar-refractivity contribution in [1.82, 2.24) is 0 Å². The molecule has 6 nitrogen and oxygen atoms in total. The Bertz CT molecular complexity index is 1060. The quantitative estimate of drug-likeness (QED) is 0.627. The number of benzene rings is 1. The van der Waals surface area contributed by atoms with Crippen LogP contribution in [0.2, 0.25) is 0 Å². The van der Waals surface area contributed by atoms with E-state index in [4.69, 9.17) is 0 Å². The van der Waals surface area contributed by atoms with Crippen LogP contribution >= 0.6 is 0 Å². The monoisotopic (exact) mass is 382 g/mol. The van der Waals surface area contributed by atoms with E-state index >= 15 is 0 Å². The smallest absolute Gasteiger partial charge is 0.386 e. The van der Waals surface area contributed by atoms with Crippen molar-refractivity contribution in [1.29, 1.82) is 0 Å². The number of hydrogen-bond acceptors (Lipinski definition) is 6. The lowest BCUT2D eigenvalue weighted by molar-refractivity contribution is -0.128. The predicted molar refractivity (Wildman–Crippen MR) is 73.0 cm³/mol. The summed E-state index contributed by atoms with van der Waals surface area (Å²) < 4.78 is 85.3. The van der Waals surface area contributed by atoms with E-state index in [2.05, 4.69) is 8.83 Å². The van der Waals surface area contributed by atoms with Gasteiger partial charge in [0.2, 0.25) is 0 Å². The molecule has 0 atom stereocenters. The molecule has 2 aromatic heterocycles. The molecule has 26 heavy (non-hydrogen) atoms. The van der Waals surface area contributed by atoms with Gasteiger partial charge in [0.05, 0.1) is 34.4 Å². The van der Waals surface area contributed by atoms with Crippen LogP contribution in [0.1, 0.15) is 11.1 Å². The zero-order chi connectivity index (χ0) is 19.6. The van der Waals surface area contributed by atoms with Crippen molar-refractivity contribution in [2.24, 2.45) is 0 Å². The molecule has 2 heterocycles. The molecule has 0 radical (unpaired) electrons. The van der Waals surface area contributed by atoms with Gasteiger partial charge in [-0.25, -0.2) is 19.2 Å². The van der Waals surface area contributed by atoms with Crippen LogP contribution in [0.4, 0.5) is 26.3 Å². The predicted octanol–water partition coefficient (Wildman–Crippen LogP) is 1.71. The van der Waals surface area contributed by atoms with E-state index in [1.54, 1.807) is 0 Å². The van der Waals surface area contributed by atoms with Crippen molar-refractivity contribution in [2.75, 3.05) is 0 Å². The van der Waals surface area contributed by atoms with Crippen LogP contribution in [0.15, 0.2) is 28.0 Å². The number of furan rings is 2. The Labute approximate surface area is 135 Å². The van der Waals surface area contributed by atoms with Gasteiger partial charge in [0.1, 0.15) is 0 Å². The standard InChI is InChI=1S/C14H4F6O6/c15-13(16,17)1-3-5-7(11(23)25-9(5)21)4(2-14(18,19)20)8-6(3)10(22)26-12(8)24/h1-2H2. The van der Waals surface area contributed by atoms with Crippen molar-refractivity contribution in [3.05, 3.63) is 52.8 Å². The summed E-state index contributed by atoms with van der Waals surface area (Å²) in [5, 5.41) is -4.46. The lowest BCUT2D eigenvalue weighted by atomic mass is 9.93. The molecule has 0 saturated heterocycles. The second-order valence-electron chi connectivity index (χ2n) is 5.39. The topological polar surface area (TPSA) is 94.6 Å². The highest BCUT2D eigenvalue weighted by atomic mass is 19.4. The molecular formula is C14H4F6O6. The summed E-state index contributed by atoms with van der Waals surface area (Å²) >= 11 is 0. The van der Waals surface area contributed by atoms with Crippen molar-refractivity contribution in [3.63, 3.8) is 0 Å². The Morgan fingerprint density at radius 1 is 0.538 bits per heavy atom. The van der Waals surface area contributed by atoms with Gasteiger partial charge >= 0.3 is 34.9 Å². The Hall–Kier alpha value is -2.92. The highest BCUT2D eigenvalue weighted by molar-refractivity contribution is 6.04. The Morgan fingerprint density at radius 3 is 0.962 bits per heavy atom. The van der Waals surface area contributed by atoms with E-state index in [1.165, 1.54) is 0 Å². The van der Waals surface area contributed by atoms with Crippen LogP contribution in [-0.2, 0) is 12.8 Å². The van der Waals surface area contributed by atoms with Gasteiger partial charge in [0.25, 0.3) is 0 Å². The molecule has 12 heteroatoms. The molecule has 3 aromatic rings. The van der Waals surface area contributed by atoms with E-state index in [9.17, 15) is 45.5 Å². The molecular weight excluding hydrogens is 378 g/mol. The van der Waals surface area contributed by atoms with Crippen molar-refractivity contribution in [3.8, 4) is 0 Å². The van der Waals surface area contributed by atoms with Crippen LogP contribution in [-0.4, -0.2) is 12.4 Å². The number of halogens is 6. The van der Waals surface area contributed by atoms with Gasteiger partial charge in [0.15, 0.2) is 0 Å². The first-order chi connectivity index (χ1) is 11.8. The van der Waals surface area contributed by atoms with Crippen molar-refractivity contribution < 1.29 is 35.2 Å². The summed E-state index contributed by atoms with van der Waals surface area (Å²) in [4.78, 5) is 47.0. The SMILES string of the molecule is O=c1oc(=O)c2c(CC(F)(F)F)c3c(=O)oc(=O)c3c(CC(F)(F)F)c12. The van der Waals surface area contributed by atoms with Gasteiger partial charge in [-0.2, -0.15) is 26.3 Å². The number of alkyl halides is 6. The molecule has 0 amide bonds. The van der Waals surface area contributed by atoms with Gasteiger partial charge in [-0.1, -0.05) is 0 Å². The van der Waals surface area contributed by atoms with Gasteiger partial charge in [0, 0.05) is 0 Å².